The maximum Gasteiger partial charge on any atom is 0.416 e. The lowest BCUT2D eigenvalue weighted by Gasteiger charge is -2.31. The van der Waals surface area contributed by atoms with E-state index in [1.165, 1.54) is 16.8 Å². The van der Waals surface area contributed by atoms with Crippen molar-refractivity contribution >= 4 is 38.4 Å². The third-order valence-corrected chi connectivity index (χ3v) is 6.29. The number of benzene rings is 2. The average molecular weight is 434 g/mol. The molecule has 5 nitrogen and oxygen atoms in total. The first-order valence-corrected chi connectivity index (χ1v) is 10.5. The highest BCUT2D eigenvalue weighted by Crippen LogP contribution is 2.31. The van der Waals surface area contributed by atoms with Crippen molar-refractivity contribution in [1.29, 1.82) is 0 Å². The van der Waals surface area contributed by atoms with Crippen LogP contribution in [0.1, 0.15) is 18.4 Å². The van der Waals surface area contributed by atoms with E-state index in [-0.39, 0.29) is 0 Å². The third-order valence-electron chi connectivity index (χ3n) is 5.19. The van der Waals surface area contributed by atoms with Crippen molar-refractivity contribution in [3.63, 3.8) is 0 Å². The Morgan fingerprint density at radius 1 is 1.10 bits per heavy atom. The minimum Gasteiger partial charge on any atom is -0.348 e. The molecule has 0 aliphatic carbocycles. The van der Waals surface area contributed by atoms with Gasteiger partial charge in [-0.05, 0) is 55.2 Å². The monoisotopic (exact) mass is 434 g/mol. The number of halogens is 3. The molecule has 0 unspecified atom stereocenters. The molecule has 0 atom stereocenters. The zero-order valence-electron chi connectivity index (χ0n) is 16.1. The molecule has 1 aliphatic heterocycles. The quantitative estimate of drug-likeness (QED) is 0.582. The number of anilines is 2. The normalized spacial score (nSPS) is 15.4. The Bertz CT molecular complexity index is 978. The lowest BCUT2D eigenvalue weighted by Crippen LogP contribution is -2.39. The average Bonchev–Trinajstić information content (AvgIpc) is 3.17. The molecule has 30 heavy (non-hydrogen) atoms. The van der Waals surface area contributed by atoms with Crippen molar-refractivity contribution in [2.24, 2.45) is 5.92 Å². The molecule has 1 fully saturated rings. The number of alkyl halides is 3. The Morgan fingerprint density at radius 2 is 1.80 bits per heavy atom. The minimum absolute atomic E-state index is 0.325. The highest BCUT2D eigenvalue weighted by Gasteiger charge is 2.30. The van der Waals surface area contributed by atoms with Gasteiger partial charge in [0.15, 0.2) is 5.13 Å². The standard InChI is InChI=1S/C21H21F3N4OS/c22-21(23,24)15-5-7-16(8-6-15)26-19(29)25-13-14-9-11-28(12-10-14)20-27-17-3-1-2-4-18(17)30-20/h1-8,14H,9-13H2,(H2,25,26,29). The van der Waals surface area contributed by atoms with Gasteiger partial charge >= 0.3 is 12.2 Å². The van der Waals surface area contributed by atoms with Gasteiger partial charge in [0.25, 0.3) is 0 Å². The SMILES string of the molecule is O=C(NCC1CCN(c2nc3ccccc3s2)CC1)Nc1ccc(C(F)(F)F)cc1. The van der Waals surface area contributed by atoms with E-state index in [2.05, 4.69) is 21.6 Å². The van der Waals surface area contributed by atoms with Crippen molar-refractivity contribution in [2.75, 3.05) is 29.9 Å². The van der Waals surface area contributed by atoms with Crippen molar-refractivity contribution in [1.82, 2.24) is 10.3 Å². The van der Waals surface area contributed by atoms with Gasteiger partial charge in [-0.2, -0.15) is 13.2 Å². The number of amides is 2. The molecule has 0 bridgehead atoms. The van der Waals surface area contributed by atoms with Gasteiger partial charge in [-0.3, -0.25) is 0 Å². The number of nitrogens with zero attached hydrogens (tertiary/aromatic N) is 2. The largest absolute Gasteiger partial charge is 0.416 e. The Hall–Kier alpha value is -2.81. The summed E-state index contributed by atoms with van der Waals surface area (Å²) in [4.78, 5) is 19.0. The summed E-state index contributed by atoms with van der Waals surface area (Å²) in [6, 6.07) is 12.1. The molecule has 2 heterocycles. The molecule has 3 aromatic rings. The van der Waals surface area contributed by atoms with Crippen LogP contribution in [-0.4, -0.2) is 30.6 Å². The molecule has 0 spiro atoms. The summed E-state index contributed by atoms with van der Waals surface area (Å²) in [5.74, 6) is 0.356. The van der Waals surface area contributed by atoms with Gasteiger partial charge in [0.2, 0.25) is 0 Å². The number of hydrogen-bond acceptors (Lipinski definition) is 4. The van der Waals surface area contributed by atoms with Crippen LogP contribution < -0.4 is 15.5 Å². The topological polar surface area (TPSA) is 57.3 Å². The molecular formula is C21H21F3N4OS. The van der Waals surface area contributed by atoms with Crippen LogP contribution in [0, 0.1) is 5.92 Å². The Kier molecular flexibility index (Phi) is 5.80. The second-order valence-corrected chi connectivity index (χ2v) is 8.31. The van der Waals surface area contributed by atoms with E-state index in [1.54, 1.807) is 11.3 Å². The number of carbonyl (C=O) groups excluding carboxylic acids is 1. The summed E-state index contributed by atoms with van der Waals surface area (Å²) in [5.41, 5.74) is 0.598. The van der Waals surface area contributed by atoms with Gasteiger partial charge in [-0.15, -0.1) is 0 Å². The fraction of sp³-hybridized carbons (Fsp3) is 0.333. The van der Waals surface area contributed by atoms with E-state index >= 15 is 0 Å². The van der Waals surface area contributed by atoms with Gasteiger partial charge in [-0.25, -0.2) is 9.78 Å². The smallest absolute Gasteiger partial charge is 0.348 e. The second kappa shape index (κ2) is 8.51. The van der Waals surface area contributed by atoms with Crippen LogP contribution in [0.15, 0.2) is 48.5 Å². The summed E-state index contributed by atoms with van der Waals surface area (Å²) < 4.78 is 39.0. The maximum atomic E-state index is 12.6. The van der Waals surface area contributed by atoms with Gasteiger partial charge in [0.05, 0.1) is 15.8 Å². The van der Waals surface area contributed by atoms with Crippen LogP contribution >= 0.6 is 11.3 Å². The molecule has 2 amide bonds. The van der Waals surface area contributed by atoms with E-state index in [4.69, 9.17) is 4.98 Å². The minimum atomic E-state index is -4.39. The summed E-state index contributed by atoms with van der Waals surface area (Å²) >= 11 is 1.69. The number of piperidine rings is 1. The highest BCUT2D eigenvalue weighted by molar-refractivity contribution is 7.22. The van der Waals surface area contributed by atoms with Crippen molar-refractivity contribution in [3.05, 3.63) is 54.1 Å². The summed E-state index contributed by atoms with van der Waals surface area (Å²) in [7, 11) is 0. The van der Waals surface area contributed by atoms with E-state index in [0.717, 1.165) is 48.7 Å². The van der Waals surface area contributed by atoms with Crippen molar-refractivity contribution < 1.29 is 18.0 Å². The van der Waals surface area contributed by atoms with Crippen LogP contribution in [0.25, 0.3) is 10.2 Å². The fourth-order valence-corrected chi connectivity index (χ4v) is 4.50. The first-order chi connectivity index (χ1) is 14.4. The van der Waals surface area contributed by atoms with Crippen molar-refractivity contribution in [2.45, 2.75) is 19.0 Å². The molecule has 9 heteroatoms. The molecule has 1 saturated heterocycles. The lowest BCUT2D eigenvalue weighted by molar-refractivity contribution is -0.137. The Labute approximate surface area is 175 Å². The molecule has 1 aromatic heterocycles. The van der Waals surface area contributed by atoms with Gasteiger partial charge in [0.1, 0.15) is 0 Å². The van der Waals surface area contributed by atoms with Crippen molar-refractivity contribution in [3.8, 4) is 0 Å². The van der Waals surface area contributed by atoms with Crippen LogP contribution in [0.2, 0.25) is 0 Å². The number of rotatable bonds is 4. The predicted octanol–water partition coefficient (Wildman–Crippen LogP) is 5.35. The van der Waals surface area contributed by atoms with E-state index in [9.17, 15) is 18.0 Å². The lowest BCUT2D eigenvalue weighted by atomic mass is 9.97. The molecule has 1 aliphatic rings. The maximum absolute atomic E-state index is 12.6. The van der Waals surface area contributed by atoms with Gasteiger partial charge < -0.3 is 15.5 Å². The zero-order valence-corrected chi connectivity index (χ0v) is 16.9. The number of hydrogen-bond donors (Lipinski definition) is 2. The van der Waals surface area contributed by atoms with Gasteiger partial charge in [0, 0.05) is 25.3 Å². The second-order valence-electron chi connectivity index (χ2n) is 7.30. The van der Waals surface area contributed by atoms with Gasteiger partial charge in [-0.1, -0.05) is 23.5 Å². The van der Waals surface area contributed by atoms with Crippen LogP contribution in [0.3, 0.4) is 0 Å². The molecule has 2 N–H and O–H groups in total. The fourth-order valence-electron chi connectivity index (χ4n) is 3.48. The summed E-state index contributed by atoms with van der Waals surface area (Å²) in [5, 5.41) is 6.42. The van der Waals surface area contributed by atoms with E-state index < -0.39 is 17.8 Å². The molecular weight excluding hydrogens is 413 g/mol. The first kappa shape index (κ1) is 20.5. The first-order valence-electron chi connectivity index (χ1n) is 9.71. The predicted molar refractivity (Wildman–Crippen MR) is 113 cm³/mol. The number of nitrogens with one attached hydrogen (secondary N) is 2. The summed E-state index contributed by atoms with van der Waals surface area (Å²) in [6.07, 6.45) is -2.51. The van der Waals surface area contributed by atoms with E-state index in [0.29, 0.717) is 18.2 Å². The highest BCUT2D eigenvalue weighted by atomic mass is 32.1. The number of thiazole rings is 1. The molecule has 4 rings (SSSR count). The van der Waals surface area contributed by atoms with E-state index in [1.807, 2.05) is 18.2 Å². The molecule has 2 aromatic carbocycles. The Morgan fingerprint density at radius 3 is 2.47 bits per heavy atom. The zero-order chi connectivity index (χ0) is 21.1. The Balaban J connectivity index is 1.23. The van der Waals surface area contributed by atoms with Crippen LogP contribution in [-0.2, 0) is 6.18 Å². The molecule has 158 valence electrons. The molecule has 0 saturated carbocycles. The van der Waals surface area contributed by atoms with Crippen LogP contribution in [0.5, 0.6) is 0 Å². The number of para-hydroxylation sites is 1. The number of urea groups is 1. The number of carbonyl (C=O) groups is 1. The van der Waals surface area contributed by atoms with Crippen LogP contribution in [0.4, 0.5) is 28.8 Å². The molecule has 0 radical (unpaired) electrons. The summed E-state index contributed by atoms with van der Waals surface area (Å²) in [6.45, 7) is 2.29. The third kappa shape index (κ3) is 4.84. The number of aromatic nitrogens is 1. The number of fused-ring (bicyclic) bond motifs is 1.